The van der Waals surface area contributed by atoms with Crippen molar-refractivity contribution in [1.82, 2.24) is 5.32 Å². The highest BCUT2D eigenvalue weighted by Gasteiger charge is 2.09. The zero-order valence-corrected chi connectivity index (χ0v) is 14.4. The Labute approximate surface area is 149 Å². The van der Waals surface area contributed by atoms with Crippen LogP contribution < -0.4 is 5.32 Å². The summed E-state index contributed by atoms with van der Waals surface area (Å²) in [4.78, 5) is 13.1. The molecule has 0 aliphatic rings. The van der Waals surface area contributed by atoms with Gasteiger partial charge in [0, 0.05) is 27.4 Å². The van der Waals surface area contributed by atoms with Crippen LogP contribution in [-0.2, 0) is 11.3 Å². The maximum absolute atomic E-state index is 12.1. The SMILES string of the molecule is O=C(CSc1cccc2cccc(Cl)c12)NCc1ccccc1O. The Kier molecular flexibility index (Phi) is 5.28. The Morgan fingerprint density at radius 3 is 2.58 bits per heavy atom. The van der Waals surface area contributed by atoms with E-state index in [0.29, 0.717) is 17.1 Å². The lowest BCUT2D eigenvalue weighted by molar-refractivity contribution is -0.118. The van der Waals surface area contributed by atoms with Crippen LogP contribution in [0.5, 0.6) is 5.75 Å². The second-order valence-corrected chi connectivity index (χ2v) is 6.71. The third-order valence-electron chi connectivity index (χ3n) is 3.64. The van der Waals surface area contributed by atoms with Gasteiger partial charge in [0.1, 0.15) is 5.75 Å². The monoisotopic (exact) mass is 357 g/mol. The van der Waals surface area contributed by atoms with Crippen LogP contribution in [0.3, 0.4) is 0 Å². The van der Waals surface area contributed by atoms with Crippen molar-refractivity contribution in [3.63, 3.8) is 0 Å². The van der Waals surface area contributed by atoms with Gasteiger partial charge in [-0.2, -0.15) is 0 Å². The second kappa shape index (κ2) is 7.60. The van der Waals surface area contributed by atoms with Crippen LogP contribution in [0.2, 0.25) is 5.02 Å². The van der Waals surface area contributed by atoms with Gasteiger partial charge in [0.2, 0.25) is 5.91 Å². The van der Waals surface area contributed by atoms with E-state index in [9.17, 15) is 9.90 Å². The maximum atomic E-state index is 12.1. The summed E-state index contributed by atoms with van der Waals surface area (Å²) in [6.45, 7) is 0.308. The standard InChI is InChI=1S/C19H16ClNO2S/c20-15-8-3-6-13-7-4-10-17(19(13)15)24-12-18(23)21-11-14-5-1-2-9-16(14)22/h1-10,22H,11-12H2,(H,21,23). The van der Waals surface area contributed by atoms with E-state index in [1.54, 1.807) is 18.2 Å². The van der Waals surface area contributed by atoms with Crippen LogP contribution in [0.25, 0.3) is 10.8 Å². The second-order valence-electron chi connectivity index (χ2n) is 5.29. The average molecular weight is 358 g/mol. The molecule has 0 saturated carbocycles. The van der Waals surface area contributed by atoms with E-state index in [4.69, 9.17) is 11.6 Å². The summed E-state index contributed by atoms with van der Waals surface area (Å²) < 4.78 is 0. The molecule has 0 aromatic heterocycles. The van der Waals surface area contributed by atoms with Crippen LogP contribution in [0.4, 0.5) is 0 Å². The number of benzene rings is 3. The van der Waals surface area contributed by atoms with Crippen LogP contribution >= 0.6 is 23.4 Å². The third kappa shape index (κ3) is 3.83. The minimum Gasteiger partial charge on any atom is -0.508 e. The summed E-state index contributed by atoms with van der Waals surface area (Å²) in [7, 11) is 0. The van der Waals surface area contributed by atoms with Gasteiger partial charge in [0.25, 0.3) is 0 Å². The Hall–Kier alpha value is -2.17. The van der Waals surface area contributed by atoms with Gasteiger partial charge in [0.05, 0.1) is 5.75 Å². The molecule has 0 radical (unpaired) electrons. The molecule has 3 aromatic rings. The minimum absolute atomic E-state index is 0.0905. The van der Waals surface area contributed by atoms with Crippen molar-refractivity contribution >= 4 is 40.0 Å². The zero-order chi connectivity index (χ0) is 16.9. The Balaban J connectivity index is 1.64. The summed E-state index contributed by atoms with van der Waals surface area (Å²) in [5, 5.41) is 15.2. The van der Waals surface area contributed by atoms with Gasteiger partial charge in [-0.25, -0.2) is 0 Å². The van der Waals surface area contributed by atoms with Gasteiger partial charge in [-0.15, -0.1) is 11.8 Å². The van der Waals surface area contributed by atoms with Gasteiger partial charge in [-0.3, -0.25) is 4.79 Å². The van der Waals surface area contributed by atoms with E-state index in [1.807, 2.05) is 42.5 Å². The number of hydrogen-bond acceptors (Lipinski definition) is 3. The number of thioether (sulfide) groups is 1. The highest BCUT2D eigenvalue weighted by molar-refractivity contribution is 8.00. The van der Waals surface area contributed by atoms with Crippen molar-refractivity contribution in [2.75, 3.05) is 5.75 Å². The van der Waals surface area contributed by atoms with Crippen molar-refractivity contribution in [2.45, 2.75) is 11.4 Å². The molecule has 3 aromatic carbocycles. The Bertz CT molecular complexity index is 877. The molecule has 5 heteroatoms. The van der Waals surface area contributed by atoms with Crippen LogP contribution in [0.15, 0.2) is 65.6 Å². The van der Waals surface area contributed by atoms with Gasteiger partial charge >= 0.3 is 0 Å². The number of phenols is 1. The van der Waals surface area contributed by atoms with Crippen LogP contribution in [0.1, 0.15) is 5.56 Å². The number of aromatic hydroxyl groups is 1. The molecule has 3 rings (SSSR count). The molecular weight excluding hydrogens is 342 g/mol. The number of nitrogens with one attached hydrogen (secondary N) is 1. The van der Waals surface area contributed by atoms with Crippen LogP contribution in [0, 0.1) is 0 Å². The maximum Gasteiger partial charge on any atom is 0.230 e. The molecule has 3 nitrogen and oxygen atoms in total. The first kappa shape index (κ1) is 16.7. The molecule has 0 spiro atoms. The number of fused-ring (bicyclic) bond motifs is 1. The van der Waals surface area contributed by atoms with E-state index in [1.165, 1.54) is 11.8 Å². The van der Waals surface area contributed by atoms with Crippen LogP contribution in [-0.4, -0.2) is 16.8 Å². The molecule has 0 saturated heterocycles. The average Bonchev–Trinajstić information content (AvgIpc) is 2.59. The third-order valence-corrected chi connectivity index (χ3v) is 5.01. The van der Waals surface area contributed by atoms with Crippen molar-refractivity contribution in [2.24, 2.45) is 0 Å². The number of halogens is 1. The number of carbonyl (C=O) groups is 1. The van der Waals surface area contributed by atoms with Gasteiger partial charge in [0.15, 0.2) is 0 Å². The first-order valence-corrected chi connectivity index (χ1v) is 8.85. The highest BCUT2D eigenvalue weighted by Crippen LogP contribution is 2.33. The molecule has 122 valence electrons. The van der Waals surface area contributed by atoms with Gasteiger partial charge in [-0.1, -0.05) is 54.1 Å². The molecule has 1 amide bonds. The van der Waals surface area contributed by atoms with Gasteiger partial charge in [-0.05, 0) is 23.6 Å². The number of amides is 1. The number of para-hydroxylation sites is 1. The fourth-order valence-corrected chi connectivity index (χ4v) is 3.71. The molecule has 0 aliphatic heterocycles. The van der Waals surface area contributed by atoms with E-state index in [2.05, 4.69) is 5.32 Å². The smallest absolute Gasteiger partial charge is 0.230 e. The summed E-state index contributed by atoms with van der Waals surface area (Å²) in [5.41, 5.74) is 0.698. The zero-order valence-electron chi connectivity index (χ0n) is 12.8. The quantitative estimate of drug-likeness (QED) is 0.656. The Morgan fingerprint density at radius 2 is 1.79 bits per heavy atom. The lowest BCUT2D eigenvalue weighted by atomic mass is 10.1. The molecule has 0 heterocycles. The van der Waals surface area contributed by atoms with E-state index < -0.39 is 0 Å². The fourth-order valence-electron chi connectivity index (χ4n) is 2.43. The highest BCUT2D eigenvalue weighted by atomic mass is 35.5. The van der Waals surface area contributed by atoms with Crippen molar-refractivity contribution in [1.29, 1.82) is 0 Å². The van der Waals surface area contributed by atoms with E-state index in [0.717, 1.165) is 15.7 Å². The number of phenolic OH excluding ortho intramolecular Hbond substituents is 1. The normalized spacial score (nSPS) is 10.7. The molecule has 0 fully saturated rings. The van der Waals surface area contributed by atoms with Gasteiger partial charge < -0.3 is 10.4 Å². The lowest BCUT2D eigenvalue weighted by Crippen LogP contribution is -2.24. The molecule has 24 heavy (non-hydrogen) atoms. The van der Waals surface area contributed by atoms with E-state index in [-0.39, 0.29) is 17.4 Å². The summed E-state index contributed by atoms with van der Waals surface area (Å²) in [6.07, 6.45) is 0. The Morgan fingerprint density at radius 1 is 1.04 bits per heavy atom. The number of carbonyl (C=O) groups excluding carboxylic acids is 1. The summed E-state index contributed by atoms with van der Waals surface area (Å²) >= 11 is 7.75. The topological polar surface area (TPSA) is 49.3 Å². The van der Waals surface area contributed by atoms with Crippen molar-refractivity contribution < 1.29 is 9.90 Å². The largest absolute Gasteiger partial charge is 0.508 e. The number of hydrogen-bond donors (Lipinski definition) is 2. The molecule has 2 N–H and O–H groups in total. The number of rotatable bonds is 5. The molecule has 0 bridgehead atoms. The first-order chi connectivity index (χ1) is 11.6. The molecule has 0 unspecified atom stereocenters. The lowest BCUT2D eigenvalue weighted by Gasteiger charge is -2.09. The first-order valence-electron chi connectivity index (χ1n) is 7.49. The minimum atomic E-state index is -0.0905. The summed E-state index contributed by atoms with van der Waals surface area (Å²) in [6, 6.07) is 18.7. The predicted octanol–water partition coefficient (Wildman–Crippen LogP) is 4.61. The fraction of sp³-hybridized carbons (Fsp3) is 0.105. The van der Waals surface area contributed by atoms with E-state index >= 15 is 0 Å². The molecule has 0 aliphatic carbocycles. The summed E-state index contributed by atoms with van der Waals surface area (Å²) in [5.74, 6) is 0.386. The van der Waals surface area contributed by atoms with Crippen molar-refractivity contribution in [3.8, 4) is 5.75 Å². The molecule has 0 atom stereocenters. The molecular formula is C19H16ClNO2S. The van der Waals surface area contributed by atoms with Crippen molar-refractivity contribution in [3.05, 3.63) is 71.2 Å². The predicted molar refractivity (Wildman–Crippen MR) is 99.6 cm³/mol.